The first-order valence-corrected chi connectivity index (χ1v) is 6.09. The summed E-state index contributed by atoms with van der Waals surface area (Å²) in [5.41, 5.74) is 2.06. The summed E-state index contributed by atoms with van der Waals surface area (Å²) in [7, 11) is 0. The number of carbonyl (C=O) groups is 1. The molecule has 0 amide bonds. The number of carboxylic acid groups (broad SMARTS) is 1. The minimum Gasteiger partial charge on any atom is -0.481 e. The van der Waals surface area contributed by atoms with Gasteiger partial charge < -0.3 is 14.6 Å². The largest absolute Gasteiger partial charge is 0.481 e. The van der Waals surface area contributed by atoms with Crippen LogP contribution >= 0.6 is 0 Å². The van der Waals surface area contributed by atoms with Gasteiger partial charge in [0.15, 0.2) is 5.79 Å². The lowest BCUT2D eigenvalue weighted by molar-refractivity contribution is -0.139. The number of carboxylic acids is 1. The average Bonchev–Trinajstić information content (AvgIpc) is 2.67. The maximum atomic E-state index is 10.6. The Balaban J connectivity index is 2.06. The minimum atomic E-state index is -0.776. The Kier molecular flexibility index (Phi) is 3.68. The summed E-state index contributed by atoms with van der Waals surface area (Å²) in [6.45, 7) is 4.32. The van der Waals surface area contributed by atoms with E-state index in [-0.39, 0.29) is 12.5 Å². The van der Waals surface area contributed by atoms with Gasteiger partial charge in [0.1, 0.15) is 6.10 Å². The quantitative estimate of drug-likeness (QED) is 0.892. The predicted octanol–water partition coefficient (Wildman–Crippen LogP) is 2.53. The van der Waals surface area contributed by atoms with Gasteiger partial charge in [0.25, 0.3) is 0 Å². The first kappa shape index (κ1) is 13.1. The standard InChI is InChI=1S/C14H18O4/c1-14(2)17-9-12(18-14)11-5-3-4-10(8-11)6-7-13(15)16/h3-5,8,12H,6-7,9H2,1-2H3,(H,15,16). The van der Waals surface area contributed by atoms with Crippen molar-refractivity contribution in [1.82, 2.24) is 0 Å². The maximum Gasteiger partial charge on any atom is 0.303 e. The second-order valence-corrected chi connectivity index (χ2v) is 4.96. The zero-order chi connectivity index (χ0) is 13.2. The van der Waals surface area contributed by atoms with Crippen molar-refractivity contribution in [2.75, 3.05) is 6.61 Å². The molecule has 1 fully saturated rings. The Morgan fingerprint density at radius 1 is 1.50 bits per heavy atom. The van der Waals surface area contributed by atoms with E-state index in [1.54, 1.807) is 0 Å². The summed E-state index contributed by atoms with van der Waals surface area (Å²) in [5.74, 6) is -1.32. The second-order valence-electron chi connectivity index (χ2n) is 4.96. The van der Waals surface area contributed by atoms with Crippen molar-refractivity contribution in [3.8, 4) is 0 Å². The van der Waals surface area contributed by atoms with Gasteiger partial charge in [-0.1, -0.05) is 24.3 Å². The van der Waals surface area contributed by atoms with Crippen LogP contribution in [0.1, 0.15) is 37.5 Å². The molecule has 18 heavy (non-hydrogen) atoms. The third-order valence-electron chi connectivity index (χ3n) is 2.96. The smallest absolute Gasteiger partial charge is 0.303 e. The van der Waals surface area contributed by atoms with Crippen LogP contribution in [0.3, 0.4) is 0 Å². The van der Waals surface area contributed by atoms with Gasteiger partial charge in [0, 0.05) is 6.42 Å². The minimum absolute atomic E-state index is 0.0650. The van der Waals surface area contributed by atoms with Crippen LogP contribution in [0.4, 0.5) is 0 Å². The van der Waals surface area contributed by atoms with E-state index in [1.165, 1.54) is 0 Å². The number of ether oxygens (including phenoxy) is 2. The number of rotatable bonds is 4. The Morgan fingerprint density at radius 3 is 2.89 bits per heavy atom. The fourth-order valence-electron chi connectivity index (χ4n) is 2.05. The number of aryl methyl sites for hydroxylation is 1. The summed E-state index contributed by atoms with van der Waals surface area (Å²) in [4.78, 5) is 10.6. The predicted molar refractivity (Wildman–Crippen MR) is 66.3 cm³/mol. The highest BCUT2D eigenvalue weighted by molar-refractivity contribution is 5.67. The second kappa shape index (κ2) is 5.08. The molecular weight excluding hydrogens is 232 g/mol. The van der Waals surface area contributed by atoms with Gasteiger partial charge >= 0.3 is 5.97 Å². The molecule has 0 saturated carbocycles. The molecule has 0 aliphatic carbocycles. The van der Waals surface area contributed by atoms with Gasteiger partial charge in [-0.3, -0.25) is 4.79 Å². The number of hydrogen-bond acceptors (Lipinski definition) is 3. The van der Waals surface area contributed by atoms with Crippen LogP contribution in [-0.4, -0.2) is 23.5 Å². The van der Waals surface area contributed by atoms with Gasteiger partial charge in [-0.15, -0.1) is 0 Å². The Morgan fingerprint density at radius 2 is 2.28 bits per heavy atom. The molecule has 1 atom stereocenters. The van der Waals surface area contributed by atoms with Gasteiger partial charge in [-0.05, 0) is 31.4 Å². The van der Waals surface area contributed by atoms with Crippen molar-refractivity contribution in [2.24, 2.45) is 0 Å². The van der Waals surface area contributed by atoms with Crippen LogP contribution in [0, 0.1) is 0 Å². The molecule has 1 aliphatic heterocycles. The van der Waals surface area contributed by atoms with Gasteiger partial charge in [-0.25, -0.2) is 0 Å². The molecule has 4 nitrogen and oxygen atoms in total. The normalized spacial score (nSPS) is 22.0. The molecule has 0 bridgehead atoms. The van der Waals surface area contributed by atoms with E-state index < -0.39 is 11.8 Å². The molecule has 1 aromatic rings. The highest BCUT2D eigenvalue weighted by Crippen LogP contribution is 2.33. The van der Waals surface area contributed by atoms with E-state index >= 15 is 0 Å². The van der Waals surface area contributed by atoms with Crippen molar-refractivity contribution < 1.29 is 19.4 Å². The van der Waals surface area contributed by atoms with Crippen LogP contribution in [0.5, 0.6) is 0 Å². The topological polar surface area (TPSA) is 55.8 Å². The van der Waals surface area contributed by atoms with Crippen molar-refractivity contribution in [2.45, 2.75) is 38.6 Å². The van der Waals surface area contributed by atoms with Gasteiger partial charge in [0.2, 0.25) is 0 Å². The summed E-state index contributed by atoms with van der Waals surface area (Å²) < 4.78 is 11.3. The monoisotopic (exact) mass is 250 g/mol. The maximum absolute atomic E-state index is 10.6. The van der Waals surface area contributed by atoms with Crippen molar-refractivity contribution >= 4 is 5.97 Å². The van der Waals surface area contributed by atoms with E-state index in [0.29, 0.717) is 13.0 Å². The Hall–Kier alpha value is -1.39. The lowest BCUT2D eigenvalue weighted by Gasteiger charge is -2.17. The molecule has 4 heteroatoms. The van der Waals surface area contributed by atoms with Crippen molar-refractivity contribution in [3.63, 3.8) is 0 Å². The number of hydrogen-bond donors (Lipinski definition) is 1. The van der Waals surface area contributed by atoms with E-state index in [2.05, 4.69) is 0 Å². The molecule has 1 aromatic carbocycles. The van der Waals surface area contributed by atoms with Crippen LogP contribution in [0.2, 0.25) is 0 Å². The first-order chi connectivity index (χ1) is 8.46. The van der Waals surface area contributed by atoms with E-state index in [0.717, 1.165) is 11.1 Å². The summed E-state index contributed by atoms with van der Waals surface area (Å²) in [6.07, 6.45) is 0.627. The summed E-state index contributed by atoms with van der Waals surface area (Å²) in [5, 5.41) is 8.68. The van der Waals surface area contributed by atoms with Crippen molar-refractivity contribution in [3.05, 3.63) is 35.4 Å². The highest BCUT2D eigenvalue weighted by atomic mass is 16.7. The van der Waals surface area contributed by atoms with Gasteiger partial charge in [0.05, 0.1) is 6.61 Å². The van der Waals surface area contributed by atoms with E-state index in [9.17, 15) is 4.79 Å². The molecule has 1 saturated heterocycles. The Labute approximate surface area is 107 Å². The summed E-state index contributed by atoms with van der Waals surface area (Å²) >= 11 is 0. The van der Waals surface area contributed by atoms with E-state index in [4.69, 9.17) is 14.6 Å². The SMILES string of the molecule is CC1(C)OCC(c2cccc(CCC(=O)O)c2)O1. The molecular formula is C14H18O4. The fourth-order valence-corrected chi connectivity index (χ4v) is 2.05. The lowest BCUT2D eigenvalue weighted by Crippen LogP contribution is -2.19. The third-order valence-corrected chi connectivity index (χ3v) is 2.96. The highest BCUT2D eigenvalue weighted by Gasteiger charge is 2.33. The van der Waals surface area contributed by atoms with Crippen LogP contribution in [0.15, 0.2) is 24.3 Å². The number of benzene rings is 1. The summed E-state index contributed by atoms with van der Waals surface area (Å²) in [6, 6.07) is 7.85. The number of aliphatic carboxylic acids is 1. The molecule has 1 heterocycles. The fraction of sp³-hybridized carbons (Fsp3) is 0.500. The molecule has 0 radical (unpaired) electrons. The molecule has 0 aromatic heterocycles. The zero-order valence-electron chi connectivity index (χ0n) is 10.7. The third kappa shape index (κ3) is 3.31. The first-order valence-electron chi connectivity index (χ1n) is 6.09. The van der Waals surface area contributed by atoms with Gasteiger partial charge in [-0.2, -0.15) is 0 Å². The van der Waals surface area contributed by atoms with Crippen LogP contribution < -0.4 is 0 Å². The molecule has 1 N–H and O–H groups in total. The molecule has 1 unspecified atom stereocenters. The molecule has 0 spiro atoms. The van der Waals surface area contributed by atoms with Crippen LogP contribution in [0.25, 0.3) is 0 Å². The molecule has 1 aliphatic rings. The molecule has 98 valence electrons. The van der Waals surface area contributed by atoms with Crippen LogP contribution in [-0.2, 0) is 20.7 Å². The van der Waals surface area contributed by atoms with Crippen molar-refractivity contribution in [1.29, 1.82) is 0 Å². The Bertz CT molecular complexity index is 439. The van der Waals surface area contributed by atoms with E-state index in [1.807, 2.05) is 38.1 Å². The average molecular weight is 250 g/mol. The lowest BCUT2D eigenvalue weighted by atomic mass is 10.0. The molecule has 2 rings (SSSR count). The zero-order valence-corrected chi connectivity index (χ0v) is 10.7.